The van der Waals surface area contributed by atoms with Crippen LogP contribution in [0.15, 0.2) is 84.9 Å². The van der Waals surface area contributed by atoms with Crippen molar-refractivity contribution in [2.75, 3.05) is 0 Å². The molecule has 2 nitrogen and oxygen atoms in total. The first-order valence-corrected chi connectivity index (χ1v) is 10.9. The largest absolute Gasteiger partial charge is 0.239 e. The molecule has 0 aliphatic rings. The van der Waals surface area contributed by atoms with Crippen LogP contribution in [0.25, 0.3) is 44.5 Å². The Kier molecular flexibility index (Phi) is 5.21. The summed E-state index contributed by atoms with van der Waals surface area (Å²) < 4.78 is 29.7. The average molecular weight is 438 g/mol. The van der Waals surface area contributed by atoms with Crippen molar-refractivity contribution in [3.63, 3.8) is 0 Å². The number of aromatic nitrogens is 2. The van der Waals surface area contributed by atoms with Crippen LogP contribution in [0.2, 0.25) is 0 Å². The normalized spacial score (nSPS) is 11.2. The minimum atomic E-state index is -0.302. The van der Waals surface area contributed by atoms with E-state index in [-0.39, 0.29) is 11.6 Å². The van der Waals surface area contributed by atoms with Crippen molar-refractivity contribution in [3.8, 4) is 33.8 Å². The molecular weight excluding hydrogens is 414 g/mol. The van der Waals surface area contributed by atoms with Crippen molar-refractivity contribution in [3.05, 3.63) is 108 Å². The van der Waals surface area contributed by atoms with Gasteiger partial charge in [-0.3, -0.25) is 0 Å². The molecule has 4 heteroatoms. The number of hydrogen-bond donors (Lipinski definition) is 0. The minimum absolute atomic E-state index is 0.278. The van der Waals surface area contributed by atoms with Gasteiger partial charge in [0.2, 0.25) is 11.4 Å². The molecule has 0 amide bonds. The van der Waals surface area contributed by atoms with Crippen LogP contribution in [0, 0.1) is 25.5 Å². The molecule has 1 heterocycles. The van der Waals surface area contributed by atoms with Gasteiger partial charge in [0.25, 0.3) is 0 Å². The Labute approximate surface area is 191 Å². The van der Waals surface area contributed by atoms with E-state index in [4.69, 9.17) is 4.98 Å². The number of aryl methyl sites for hydroxylation is 1. The minimum Gasteiger partial charge on any atom is -0.234 e. The zero-order valence-corrected chi connectivity index (χ0v) is 18.7. The number of fused-ring (bicyclic) bond motifs is 1. The molecule has 0 unspecified atom stereocenters. The van der Waals surface area contributed by atoms with E-state index in [9.17, 15) is 8.78 Å². The van der Waals surface area contributed by atoms with Crippen LogP contribution in [0.5, 0.6) is 0 Å². The molecule has 0 N–H and O–H groups in total. The van der Waals surface area contributed by atoms with Gasteiger partial charge in [0.05, 0.1) is 5.56 Å². The summed E-state index contributed by atoms with van der Waals surface area (Å²) in [5.41, 5.74) is 6.96. The van der Waals surface area contributed by atoms with Crippen LogP contribution < -0.4 is 4.57 Å². The molecule has 0 atom stereocenters. The number of benzene rings is 4. The van der Waals surface area contributed by atoms with Crippen molar-refractivity contribution < 1.29 is 13.3 Å². The maximum Gasteiger partial charge on any atom is 0.239 e. The molecule has 0 fully saturated rings. The van der Waals surface area contributed by atoms with Crippen LogP contribution in [-0.2, 0) is 7.05 Å². The number of nitrogens with zero attached hydrogens (tertiary/aromatic N) is 2. The molecule has 0 aliphatic heterocycles. The summed E-state index contributed by atoms with van der Waals surface area (Å²) in [6.45, 7) is 3.93. The van der Waals surface area contributed by atoms with Crippen molar-refractivity contribution in [2.24, 2.45) is 7.05 Å². The molecule has 0 bridgehead atoms. The van der Waals surface area contributed by atoms with Gasteiger partial charge in [0.15, 0.2) is 0 Å². The maximum atomic E-state index is 13.9. The number of halogens is 2. The van der Waals surface area contributed by atoms with Crippen molar-refractivity contribution in [2.45, 2.75) is 13.8 Å². The van der Waals surface area contributed by atoms with Gasteiger partial charge in [0, 0.05) is 18.1 Å². The molecule has 1 aromatic heterocycles. The standard InChI is InChI=1S/C29H23F2N2/c1-18-17-23(31)15-16-24(18)29-28(21-11-13-22(30)14-12-21)32-27(19(2)33(29)3)26-10-6-8-20-7-4-5-9-25(20)26/h4-17H,1-3H3/q+1. The summed E-state index contributed by atoms with van der Waals surface area (Å²) in [6.07, 6.45) is 0. The summed E-state index contributed by atoms with van der Waals surface area (Å²) in [4.78, 5) is 5.16. The summed E-state index contributed by atoms with van der Waals surface area (Å²) in [6, 6.07) is 25.6. The Bertz CT molecular complexity index is 1500. The Hall–Kier alpha value is -3.92. The smallest absolute Gasteiger partial charge is 0.234 e. The fraction of sp³-hybridized carbons (Fsp3) is 0.103. The second kappa shape index (κ2) is 8.21. The lowest BCUT2D eigenvalue weighted by molar-refractivity contribution is -0.666. The third-order valence-corrected chi connectivity index (χ3v) is 6.24. The van der Waals surface area contributed by atoms with Gasteiger partial charge in [0.1, 0.15) is 30.1 Å². The Morgan fingerprint density at radius 2 is 1.39 bits per heavy atom. The van der Waals surface area contributed by atoms with Gasteiger partial charge in [-0.1, -0.05) is 42.5 Å². The van der Waals surface area contributed by atoms with Gasteiger partial charge in [-0.2, -0.15) is 4.57 Å². The third-order valence-electron chi connectivity index (χ3n) is 6.24. The Balaban J connectivity index is 1.86. The average Bonchev–Trinajstić information content (AvgIpc) is 2.82. The second-order valence-corrected chi connectivity index (χ2v) is 8.29. The van der Waals surface area contributed by atoms with Crippen LogP contribution in [0.1, 0.15) is 11.3 Å². The van der Waals surface area contributed by atoms with E-state index in [1.807, 2.05) is 39.1 Å². The Morgan fingerprint density at radius 1 is 0.697 bits per heavy atom. The van der Waals surface area contributed by atoms with Crippen LogP contribution >= 0.6 is 0 Å². The molecule has 33 heavy (non-hydrogen) atoms. The van der Waals surface area contributed by atoms with E-state index in [1.54, 1.807) is 18.2 Å². The van der Waals surface area contributed by atoms with E-state index in [0.717, 1.165) is 55.8 Å². The van der Waals surface area contributed by atoms with Crippen molar-refractivity contribution >= 4 is 10.8 Å². The quantitative estimate of drug-likeness (QED) is 0.279. The molecule has 5 aromatic rings. The maximum absolute atomic E-state index is 13.9. The lowest BCUT2D eigenvalue weighted by atomic mass is 9.96. The van der Waals surface area contributed by atoms with E-state index in [0.29, 0.717) is 0 Å². The first-order valence-electron chi connectivity index (χ1n) is 10.9. The highest BCUT2D eigenvalue weighted by Gasteiger charge is 2.27. The Morgan fingerprint density at radius 3 is 2.15 bits per heavy atom. The highest BCUT2D eigenvalue weighted by Crippen LogP contribution is 2.35. The highest BCUT2D eigenvalue weighted by atomic mass is 19.1. The van der Waals surface area contributed by atoms with Crippen LogP contribution in [0.3, 0.4) is 0 Å². The zero-order chi connectivity index (χ0) is 23.1. The molecule has 0 saturated carbocycles. The van der Waals surface area contributed by atoms with E-state index in [2.05, 4.69) is 28.8 Å². The lowest BCUT2D eigenvalue weighted by Gasteiger charge is -2.15. The summed E-state index contributed by atoms with van der Waals surface area (Å²) in [5.74, 6) is -0.580. The lowest BCUT2D eigenvalue weighted by Crippen LogP contribution is -2.37. The van der Waals surface area contributed by atoms with Crippen LogP contribution in [0.4, 0.5) is 8.78 Å². The van der Waals surface area contributed by atoms with Gasteiger partial charge < -0.3 is 0 Å². The van der Waals surface area contributed by atoms with E-state index >= 15 is 0 Å². The predicted molar refractivity (Wildman–Crippen MR) is 129 cm³/mol. The van der Waals surface area contributed by atoms with E-state index < -0.39 is 0 Å². The monoisotopic (exact) mass is 437 g/mol. The fourth-order valence-corrected chi connectivity index (χ4v) is 4.43. The van der Waals surface area contributed by atoms with Crippen molar-refractivity contribution in [1.29, 1.82) is 0 Å². The summed E-state index contributed by atoms with van der Waals surface area (Å²) in [7, 11) is 2.00. The molecule has 162 valence electrons. The second-order valence-electron chi connectivity index (χ2n) is 8.29. The fourth-order valence-electron chi connectivity index (χ4n) is 4.43. The molecule has 5 rings (SSSR count). The molecule has 0 radical (unpaired) electrons. The molecule has 0 aliphatic carbocycles. The highest BCUT2D eigenvalue weighted by molar-refractivity contribution is 5.96. The molecular formula is C29H23F2N2+. The molecule has 0 spiro atoms. The van der Waals surface area contributed by atoms with Gasteiger partial charge in [-0.05, 0) is 65.7 Å². The SMILES string of the molecule is Cc1cc(F)ccc1-c1c(-c2ccc(F)cc2)nc(-c2cccc3ccccc23)c(C)[n+]1C. The van der Waals surface area contributed by atoms with Gasteiger partial charge in [-0.15, -0.1) is 0 Å². The first-order chi connectivity index (χ1) is 15.9. The van der Waals surface area contributed by atoms with E-state index in [1.165, 1.54) is 24.3 Å². The molecule has 4 aromatic carbocycles. The topological polar surface area (TPSA) is 16.8 Å². The summed E-state index contributed by atoms with van der Waals surface area (Å²) >= 11 is 0. The number of rotatable bonds is 3. The third kappa shape index (κ3) is 3.68. The zero-order valence-electron chi connectivity index (χ0n) is 18.7. The first kappa shape index (κ1) is 21.0. The summed E-state index contributed by atoms with van der Waals surface area (Å²) in [5, 5.41) is 2.26. The number of hydrogen-bond acceptors (Lipinski definition) is 1. The van der Waals surface area contributed by atoms with Crippen LogP contribution in [-0.4, -0.2) is 4.98 Å². The van der Waals surface area contributed by atoms with Gasteiger partial charge in [-0.25, -0.2) is 13.8 Å². The molecule has 0 saturated heterocycles. The predicted octanol–water partition coefficient (Wildman–Crippen LogP) is 6.96. The van der Waals surface area contributed by atoms with Gasteiger partial charge >= 0.3 is 0 Å². The van der Waals surface area contributed by atoms with Crippen molar-refractivity contribution in [1.82, 2.24) is 4.98 Å².